The van der Waals surface area contributed by atoms with Crippen LogP contribution >= 0.6 is 11.3 Å². The topological polar surface area (TPSA) is 80.3 Å². The minimum Gasteiger partial charge on any atom is -0.463 e. The second kappa shape index (κ2) is 10.4. The van der Waals surface area contributed by atoms with E-state index in [9.17, 15) is 9.59 Å². The highest BCUT2D eigenvalue weighted by atomic mass is 32.1. The number of hydrogen-bond donors (Lipinski definition) is 0. The number of ether oxygens (including phenoxy) is 1. The van der Waals surface area contributed by atoms with Crippen LogP contribution in [-0.4, -0.2) is 44.3 Å². The zero-order valence-corrected chi connectivity index (χ0v) is 22.5. The first-order valence-electron chi connectivity index (χ1n) is 12.7. The van der Waals surface area contributed by atoms with Crippen LogP contribution in [0, 0.1) is 0 Å². The number of carbonyl (C=O) groups excluding carboxylic acids is 1. The Hall–Kier alpha value is -3.59. The molecule has 2 aliphatic rings. The molecule has 0 amide bonds. The quantitative estimate of drug-likeness (QED) is 0.463. The molecule has 3 aromatic rings. The SMILES string of the molecule is CCOC(=O)C1=C(C)N=c2s/c(=C\c3ccc(N4CCCCC4)o3)c(=O)n2C1c1ccc(N(C)C)cc1. The molecule has 1 saturated heterocycles. The van der Waals surface area contributed by atoms with Gasteiger partial charge in [-0.15, -0.1) is 0 Å². The van der Waals surface area contributed by atoms with Crippen molar-refractivity contribution < 1.29 is 13.9 Å². The Morgan fingerprint density at radius 3 is 2.57 bits per heavy atom. The number of anilines is 2. The average molecular weight is 521 g/mol. The smallest absolute Gasteiger partial charge is 0.338 e. The van der Waals surface area contributed by atoms with Gasteiger partial charge in [0.15, 0.2) is 10.7 Å². The number of furan rings is 1. The summed E-state index contributed by atoms with van der Waals surface area (Å²) in [5.74, 6) is 0.994. The lowest BCUT2D eigenvalue weighted by atomic mass is 9.95. The summed E-state index contributed by atoms with van der Waals surface area (Å²) in [6.45, 7) is 5.77. The highest BCUT2D eigenvalue weighted by Gasteiger charge is 2.33. The third-order valence-electron chi connectivity index (χ3n) is 6.80. The van der Waals surface area contributed by atoms with Gasteiger partial charge in [0.1, 0.15) is 5.76 Å². The number of fused-ring (bicyclic) bond motifs is 1. The van der Waals surface area contributed by atoms with E-state index in [1.807, 2.05) is 55.4 Å². The van der Waals surface area contributed by atoms with Gasteiger partial charge in [0.05, 0.1) is 28.5 Å². The largest absolute Gasteiger partial charge is 0.463 e. The molecule has 0 radical (unpaired) electrons. The maximum absolute atomic E-state index is 13.8. The monoisotopic (exact) mass is 520 g/mol. The maximum Gasteiger partial charge on any atom is 0.338 e. The van der Waals surface area contributed by atoms with Crippen molar-refractivity contribution >= 4 is 35.0 Å². The third kappa shape index (κ3) is 4.87. The zero-order valence-electron chi connectivity index (χ0n) is 21.7. The molecule has 2 aromatic heterocycles. The normalized spacial score (nSPS) is 18.0. The van der Waals surface area contributed by atoms with Gasteiger partial charge in [-0.25, -0.2) is 9.79 Å². The molecule has 194 valence electrons. The van der Waals surface area contributed by atoms with Crippen LogP contribution in [0.1, 0.15) is 50.5 Å². The second-order valence-electron chi connectivity index (χ2n) is 9.51. The van der Waals surface area contributed by atoms with Gasteiger partial charge in [-0.1, -0.05) is 23.5 Å². The van der Waals surface area contributed by atoms with Gasteiger partial charge in [-0.3, -0.25) is 9.36 Å². The number of thiazole rings is 1. The Balaban J connectivity index is 1.60. The number of piperidine rings is 1. The van der Waals surface area contributed by atoms with E-state index < -0.39 is 12.0 Å². The van der Waals surface area contributed by atoms with Crippen LogP contribution in [0.4, 0.5) is 11.6 Å². The number of nitrogens with zero attached hydrogens (tertiary/aromatic N) is 4. The van der Waals surface area contributed by atoms with Crippen molar-refractivity contribution in [2.24, 2.45) is 4.99 Å². The number of benzene rings is 1. The first kappa shape index (κ1) is 25.1. The molecule has 0 bridgehead atoms. The Labute approximate surface area is 219 Å². The molecule has 1 unspecified atom stereocenters. The standard InChI is InChI=1S/C28H32N4O4S/c1-5-35-27(34)24-18(2)29-28-32(25(24)19-9-11-20(12-10-19)30(3)4)26(33)22(37-28)17-21-13-14-23(36-21)31-15-7-6-8-16-31/h9-14,17,25H,5-8,15-16H2,1-4H3/b22-17-. The number of allylic oxidation sites excluding steroid dienone is 1. The summed E-state index contributed by atoms with van der Waals surface area (Å²) >= 11 is 1.30. The maximum atomic E-state index is 13.8. The Bertz CT molecular complexity index is 1500. The predicted molar refractivity (Wildman–Crippen MR) is 146 cm³/mol. The van der Waals surface area contributed by atoms with Gasteiger partial charge in [-0.2, -0.15) is 0 Å². The van der Waals surface area contributed by atoms with Crippen LogP contribution in [0.2, 0.25) is 0 Å². The van der Waals surface area contributed by atoms with Crippen molar-refractivity contribution in [2.75, 3.05) is 43.6 Å². The molecule has 1 aromatic carbocycles. The Kier molecular flexibility index (Phi) is 7.06. The Morgan fingerprint density at radius 1 is 1.16 bits per heavy atom. The number of hydrogen-bond acceptors (Lipinski definition) is 8. The van der Waals surface area contributed by atoms with Crippen LogP contribution in [0.5, 0.6) is 0 Å². The number of rotatable bonds is 6. The lowest BCUT2D eigenvalue weighted by molar-refractivity contribution is -0.139. The van der Waals surface area contributed by atoms with E-state index in [-0.39, 0.29) is 12.2 Å². The molecule has 2 aliphatic heterocycles. The van der Waals surface area contributed by atoms with E-state index in [0.29, 0.717) is 26.4 Å². The van der Waals surface area contributed by atoms with E-state index in [1.165, 1.54) is 17.8 Å². The van der Waals surface area contributed by atoms with E-state index in [2.05, 4.69) is 9.89 Å². The molecule has 0 aliphatic carbocycles. The summed E-state index contributed by atoms with van der Waals surface area (Å²) in [4.78, 5) is 36.3. The number of aromatic nitrogens is 1. The molecule has 9 heteroatoms. The highest BCUT2D eigenvalue weighted by molar-refractivity contribution is 7.07. The summed E-state index contributed by atoms with van der Waals surface area (Å²) in [6.07, 6.45) is 5.34. The average Bonchev–Trinajstić information content (AvgIpc) is 3.48. The molecule has 0 N–H and O–H groups in total. The number of esters is 1. The molecule has 1 fully saturated rings. The molecule has 37 heavy (non-hydrogen) atoms. The van der Waals surface area contributed by atoms with Crippen LogP contribution in [-0.2, 0) is 9.53 Å². The summed E-state index contributed by atoms with van der Waals surface area (Å²) in [7, 11) is 3.94. The second-order valence-corrected chi connectivity index (χ2v) is 10.5. The summed E-state index contributed by atoms with van der Waals surface area (Å²) < 4.78 is 13.6. The highest BCUT2D eigenvalue weighted by Crippen LogP contribution is 2.31. The van der Waals surface area contributed by atoms with E-state index >= 15 is 0 Å². The van der Waals surface area contributed by atoms with Crippen molar-refractivity contribution in [3.63, 3.8) is 0 Å². The van der Waals surface area contributed by atoms with Gasteiger partial charge >= 0.3 is 5.97 Å². The molecule has 5 rings (SSSR count). The summed E-state index contributed by atoms with van der Waals surface area (Å²) in [6, 6.07) is 11.1. The van der Waals surface area contributed by atoms with E-state index in [1.54, 1.807) is 24.5 Å². The lowest BCUT2D eigenvalue weighted by Gasteiger charge is -2.25. The van der Waals surface area contributed by atoms with Crippen molar-refractivity contribution in [2.45, 2.75) is 39.2 Å². The van der Waals surface area contributed by atoms with Crippen LogP contribution < -0.4 is 24.7 Å². The van der Waals surface area contributed by atoms with Gasteiger partial charge in [-0.05, 0) is 56.9 Å². The molecular formula is C28H32N4O4S. The minimum atomic E-state index is -0.630. The molecule has 0 saturated carbocycles. The molecule has 4 heterocycles. The van der Waals surface area contributed by atoms with Crippen LogP contribution in [0.15, 0.2) is 61.9 Å². The van der Waals surface area contributed by atoms with Gasteiger partial charge in [0, 0.05) is 45.0 Å². The molecule has 1 atom stereocenters. The number of carbonyl (C=O) groups is 1. The predicted octanol–water partition coefficient (Wildman–Crippen LogP) is 3.45. The third-order valence-corrected chi connectivity index (χ3v) is 7.78. The molecule has 0 spiro atoms. The van der Waals surface area contributed by atoms with Crippen molar-refractivity contribution in [1.82, 2.24) is 4.57 Å². The minimum absolute atomic E-state index is 0.212. The van der Waals surface area contributed by atoms with Gasteiger partial charge in [0.2, 0.25) is 0 Å². The van der Waals surface area contributed by atoms with Crippen LogP contribution in [0.3, 0.4) is 0 Å². The fraction of sp³-hybridized carbons (Fsp3) is 0.393. The fourth-order valence-corrected chi connectivity index (χ4v) is 5.92. The van der Waals surface area contributed by atoms with Crippen molar-refractivity contribution in [3.8, 4) is 0 Å². The first-order chi connectivity index (χ1) is 17.9. The first-order valence-corrected chi connectivity index (χ1v) is 13.5. The van der Waals surface area contributed by atoms with Crippen LogP contribution in [0.25, 0.3) is 6.08 Å². The van der Waals surface area contributed by atoms with Crippen molar-refractivity contribution in [3.05, 3.63) is 78.7 Å². The van der Waals surface area contributed by atoms with Crippen molar-refractivity contribution in [1.29, 1.82) is 0 Å². The zero-order chi connectivity index (χ0) is 26.1. The Morgan fingerprint density at radius 2 is 1.89 bits per heavy atom. The lowest BCUT2D eigenvalue weighted by Crippen LogP contribution is -2.39. The summed E-state index contributed by atoms with van der Waals surface area (Å²) in [5, 5.41) is 0. The molecular weight excluding hydrogens is 488 g/mol. The molecule has 8 nitrogen and oxygen atoms in total. The van der Waals surface area contributed by atoms with E-state index in [0.717, 1.165) is 43.1 Å². The fourth-order valence-electron chi connectivity index (χ4n) is 4.89. The van der Waals surface area contributed by atoms with Gasteiger partial charge in [0.25, 0.3) is 5.56 Å². The van der Waals surface area contributed by atoms with E-state index in [4.69, 9.17) is 9.15 Å². The van der Waals surface area contributed by atoms with Gasteiger partial charge < -0.3 is 19.0 Å². The summed E-state index contributed by atoms with van der Waals surface area (Å²) in [5.41, 5.74) is 2.57.